The van der Waals surface area contributed by atoms with E-state index in [-0.39, 0.29) is 24.5 Å². The van der Waals surface area contributed by atoms with Gasteiger partial charge in [-0.2, -0.15) is 0 Å². The molecule has 0 saturated carbocycles. The molecule has 0 spiro atoms. The van der Waals surface area contributed by atoms with Crippen LogP contribution in [0.1, 0.15) is 13.3 Å². The molecule has 1 aromatic rings. The van der Waals surface area contributed by atoms with Crippen LogP contribution in [0.2, 0.25) is 5.02 Å². The number of nitro benzene ring substituents is 1. The number of carbonyl (C=O) groups is 1. The number of nitrogens with zero attached hydrogens (tertiary/aromatic N) is 1. The van der Waals surface area contributed by atoms with Crippen molar-refractivity contribution in [2.75, 3.05) is 6.61 Å². The van der Waals surface area contributed by atoms with Crippen LogP contribution in [-0.4, -0.2) is 23.0 Å². The molecule has 0 bridgehead atoms. The highest BCUT2D eigenvalue weighted by atomic mass is 35.5. The fourth-order valence-corrected chi connectivity index (χ4v) is 1.41. The van der Waals surface area contributed by atoms with Gasteiger partial charge < -0.3 is 16.2 Å². The predicted octanol–water partition coefficient (Wildman–Crippen LogP) is 1.22. The maximum Gasteiger partial charge on any atom is 0.311 e. The van der Waals surface area contributed by atoms with Crippen LogP contribution in [0.25, 0.3) is 0 Å². The molecule has 1 unspecified atom stereocenters. The van der Waals surface area contributed by atoms with Gasteiger partial charge in [-0.1, -0.05) is 11.6 Å². The molecule has 0 aliphatic rings. The number of hydrogen-bond acceptors (Lipinski definition) is 5. The standard InChI is InChI=1S/C11H14ClN3O4/c1-11(14,10(13)16)4-5-19-9-6-7(12)2-3-8(9)15(17)18/h2-3,6H,4-5,14H2,1H3,(H2,13,16). The third kappa shape index (κ3) is 4.08. The summed E-state index contributed by atoms with van der Waals surface area (Å²) in [6, 6.07) is 3.97. The Bertz CT molecular complexity index is 505. The van der Waals surface area contributed by atoms with E-state index in [1.54, 1.807) is 0 Å². The van der Waals surface area contributed by atoms with Crippen molar-refractivity contribution in [2.45, 2.75) is 18.9 Å². The topological polar surface area (TPSA) is 121 Å². The van der Waals surface area contributed by atoms with Crippen LogP contribution >= 0.6 is 11.6 Å². The smallest absolute Gasteiger partial charge is 0.311 e. The molecule has 0 fully saturated rings. The molecular weight excluding hydrogens is 274 g/mol. The van der Waals surface area contributed by atoms with E-state index in [2.05, 4.69) is 0 Å². The van der Waals surface area contributed by atoms with Crippen LogP contribution in [0.5, 0.6) is 5.75 Å². The van der Waals surface area contributed by atoms with E-state index in [0.29, 0.717) is 5.02 Å². The van der Waals surface area contributed by atoms with Crippen molar-refractivity contribution in [3.63, 3.8) is 0 Å². The Balaban J connectivity index is 2.75. The molecule has 1 rings (SSSR count). The average Bonchev–Trinajstić information content (AvgIpc) is 2.28. The molecule has 0 aliphatic heterocycles. The zero-order chi connectivity index (χ0) is 14.6. The van der Waals surface area contributed by atoms with Gasteiger partial charge in [-0.3, -0.25) is 14.9 Å². The van der Waals surface area contributed by atoms with Crippen molar-refractivity contribution in [2.24, 2.45) is 11.5 Å². The second kappa shape index (κ2) is 5.85. The van der Waals surface area contributed by atoms with Gasteiger partial charge in [0.25, 0.3) is 0 Å². The second-order valence-electron chi connectivity index (χ2n) is 4.25. The van der Waals surface area contributed by atoms with E-state index in [0.717, 1.165) is 0 Å². The minimum absolute atomic E-state index is 0.0110. The summed E-state index contributed by atoms with van der Waals surface area (Å²) >= 11 is 5.74. The van der Waals surface area contributed by atoms with Crippen molar-refractivity contribution in [1.29, 1.82) is 0 Å². The van der Waals surface area contributed by atoms with Crippen molar-refractivity contribution >= 4 is 23.2 Å². The van der Waals surface area contributed by atoms with Crippen molar-refractivity contribution in [3.8, 4) is 5.75 Å². The number of ether oxygens (including phenoxy) is 1. The van der Waals surface area contributed by atoms with Crippen molar-refractivity contribution < 1.29 is 14.5 Å². The van der Waals surface area contributed by atoms with Crippen molar-refractivity contribution in [3.05, 3.63) is 33.3 Å². The second-order valence-corrected chi connectivity index (χ2v) is 4.69. The normalized spacial score (nSPS) is 13.6. The van der Waals surface area contributed by atoms with Gasteiger partial charge in [0.1, 0.15) is 0 Å². The van der Waals surface area contributed by atoms with Gasteiger partial charge in [-0.25, -0.2) is 0 Å². The van der Waals surface area contributed by atoms with Crippen LogP contribution < -0.4 is 16.2 Å². The number of carbonyl (C=O) groups excluding carboxylic acids is 1. The number of hydrogen-bond donors (Lipinski definition) is 2. The summed E-state index contributed by atoms with van der Waals surface area (Å²) in [5, 5.41) is 11.1. The zero-order valence-corrected chi connectivity index (χ0v) is 11.0. The zero-order valence-electron chi connectivity index (χ0n) is 10.3. The number of primary amides is 1. The Hall–Kier alpha value is -1.86. The maximum atomic E-state index is 11.0. The third-order valence-corrected chi connectivity index (χ3v) is 2.80. The lowest BCUT2D eigenvalue weighted by Gasteiger charge is -2.20. The lowest BCUT2D eigenvalue weighted by molar-refractivity contribution is -0.385. The van der Waals surface area contributed by atoms with Crippen LogP contribution in [0.4, 0.5) is 5.69 Å². The monoisotopic (exact) mass is 287 g/mol. The Kier molecular flexibility index (Phi) is 4.68. The first-order chi connectivity index (χ1) is 8.74. The van der Waals surface area contributed by atoms with E-state index < -0.39 is 16.4 Å². The molecule has 19 heavy (non-hydrogen) atoms. The molecule has 0 aromatic heterocycles. The first-order valence-electron chi connectivity index (χ1n) is 5.39. The molecule has 8 heteroatoms. The lowest BCUT2D eigenvalue weighted by atomic mass is 9.99. The molecule has 104 valence electrons. The minimum Gasteiger partial charge on any atom is -0.487 e. The van der Waals surface area contributed by atoms with E-state index in [9.17, 15) is 14.9 Å². The highest BCUT2D eigenvalue weighted by Crippen LogP contribution is 2.30. The van der Waals surface area contributed by atoms with Crippen LogP contribution in [0.15, 0.2) is 18.2 Å². The highest BCUT2D eigenvalue weighted by molar-refractivity contribution is 6.30. The number of rotatable bonds is 6. The fraction of sp³-hybridized carbons (Fsp3) is 0.364. The SMILES string of the molecule is CC(N)(CCOc1cc(Cl)ccc1[N+](=O)[O-])C(N)=O. The van der Waals surface area contributed by atoms with Crippen LogP contribution in [0, 0.1) is 10.1 Å². The fourth-order valence-electron chi connectivity index (χ4n) is 1.25. The Morgan fingerprint density at radius 3 is 2.74 bits per heavy atom. The van der Waals surface area contributed by atoms with Gasteiger partial charge in [0, 0.05) is 23.6 Å². The summed E-state index contributed by atoms with van der Waals surface area (Å²) in [6.45, 7) is 1.47. The quantitative estimate of drug-likeness (QED) is 0.602. The number of amides is 1. The Morgan fingerprint density at radius 1 is 1.58 bits per heavy atom. The molecule has 1 amide bonds. The minimum atomic E-state index is -1.23. The maximum absolute atomic E-state index is 11.0. The number of nitrogens with two attached hydrogens (primary N) is 2. The number of benzene rings is 1. The predicted molar refractivity (Wildman–Crippen MR) is 70.0 cm³/mol. The highest BCUT2D eigenvalue weighted by Gasteiger charge is 2.26. The van der Waals surface area contributed by atoms with Gasteiger partial charge >= 0.3 is 5.69 Å². The van der Waals surface area contributed by atoms with Gasteiger partial charge in [-0.15, -0.1) is 0 Å². The van der Waals surface area contributed by atoms with Crippen LogP contribution in [0.3, 0.4) is 0 Å². The Morgan fingerprint density at radius 2 is 2.21 bits per heavy atom. The molecule has 0 aliphatic carbocycles. The first-order valence-corrected chi connectivity index (χ1v) is 5.77. The molecule has 0 saturated heterocycles. The summed E-state index contributed by atoms with van der Waals surface area (Å²) in [5.41, 5.74) is 9.30. The molecule has 0 radical (unpaired) electrons. The van der Waals surface area contributed by atoms with Crippen LogP contribution in [-0.2, 0) is 4.79 Å². The summed E-state index contributed by atoms with van der Waals surface area (Å²) in [4.78, 5) is 21.2. The van der Waals surface area contributed by atoms with E-state index in [1.165, 1.54) is 25.1 Å². The van der Waals surface area contributed by atoms with E-state index >= 15 is 0 Å². The van der Waals surface area contributed by atoms with Crippen molar-refractivity contribution in [1.82, 2.24) is 0 Å². The van der Waals surface area contributed by atoms with E-state index in [1.807, 2.05) is 0 Å². The Labute approximate surface area is 114 Å². The lowest BCUT2D eigenvalue weighted by Crippen LogP contribution is -2.50. The van der Waals surface area contributed by atoms with Gasteiger partial charge in [0.2, 0.25) is 5.91 Å². The molecular formula is C11H14ClN3O4. The summed E-state index contributed by atoms with van der Waals surface area (Å²) in [6.07, 6.45) is 0.131. The molecule has 4 N–H and O–H groups in total. The number of halogens is 1. The van der Waals surface area contributed by atoms with E-state index in [4.69, 9.17) is 27.8 Å². The molecule has 1 aromatic carbocycles. The molecule has 7 nitrogen and oxygen atoms in total. The average molecular weight is 288 g/mol. The van der Waals surface area contributed by atoms with Gasteiger partial charge in [0.15, 0.2) is 5.75 Å². The molecule has 0 heterocycles. The molecule has 1 atom stereocenters. The summed E-state index contributed by atoms with van der Waals surface area (Å²) in [7, 11) is 0. The summed E-state index contributed by atoms with van der Waals surface area (Å²) in [5.74, 6) is -0.644. The number of nitro groups is 1. The largest absolute Gasteiger partial charge is 0.487 e. The summed E-state index contributed by atoms with van der Waals surface area (Å²) < 4.78 is 5.25. The van der Waals surface area contributed by atoms with Gasteiger partial charge in [0.05, 0.1) is 17.1 Å². The van der Waals surface area contributed by atoms with Gasteiger partial charge in [-0.05, 0) is 13.0 Å². The first kappa shape index (κ1) is 15.2. The third-order valence-electron chi connectivity index (χ3n) is 2.56.